The lowest BCUT2D eigenvalue weighted by Crippen LogP contribution is -2.23. The van der Waals surface area contributed by atoms with Crippen molar-refractivity contribution in [2.24, 2.45) is 5.10 Å². The molecule has 33 heavy (non-hydrogen) atoms. The molecular formula is C26H22N6O. The summed E-state index contributed by atoms with van der Waals surface area (Å²) in [5.41, 5.74) is 12.0. The molecule has 0 unspecified atom stereocenters. The van der Waals surface area contributed by atoms with Crippen molar-refractivity contribution in [3.63, 3.8) is 0 Å². The number of nitrogens with two attached hydrogens (primary N) is 1. The summed E-state index contributed by atoms with van der Waals surface area (Å²) in [5.74, 6) is -0.135. The number of carbonyl (C=O) groups excluding carboxylic acids is 1. The minimum Gasteiger partial charge on any atom is -0.383 e. The van der Waals surface area contributed by atoms with Crippen molar-refractivity contribution in [2.45, 2.75) is 13.5 Å². The number of hydrogen-bond acceptors (Lipinski definition) is 5. The van der Waals surface area contributed by atoms with Crippen LogP contribution in [0.2, 0.25) is 0 Å². The summed E-state index contributed by atoms with van der Waals surface area (Å²) in [7, 11) is 0. The number of amides is 1. The molecule has 3 N–H and O–H groups in total. The van der Waals surface area contributed by atoms with E-state index < -0.39 is 0 Å². The molecule has 0 saturated carbocycles. The van der Waals surface area contributed by atoms with Crippen LogP contribution >= 0.6 is 0 Å². The molecule has 2 aromatic heterocycles. The second kappa shape index (κ2) is 8.55. The molecule has 0 aliphatic rings. The Hall–Kier alpha value is -4.52. The first-order valence-electron chi connectivity index (χ1n) is 10.6. The number of para-hydroxylation sites is 2. The van der Waals surface area contributed by atoms with Crippen LogP contribution in [0, 0.1) is 6.92 Å². The molecule has 0 bridgehead atoms. The number of aryl methyl sites for hydroxylation is 1. The highest BCUT2D eigenvalue weighted by Gasteiger charge is 2.24. The number of anilines is 1. The Morgan fingerprint density at radius 3 is 2.36 bits per heavy atom. The van der Waals surface area contributed by atoms with Crippen LogP contribution in [-0.4, -0.2) is 26.8 Å². The SMILES string of the molecule is Cc1ccc(C=Nn2c(N)c(C(=O)NCc3ccccc3)c3nc4ccccc4nc32)cc1. The molecule has 5 aromatic rings. The first kappa shape index (κ1) is 20.4. The lowest BCUT2D eigenvalue weighted by molar-refractivity contribution is 0.0953. The van der Waals surface area contributed by atoms with Crippen LogP contribution in [0.15, 0.2) is 84.0 Å². The summed E-state index contributed by atoms with van der Waals surface area (Å²) in [6.45, 7) is 2.40. The maximum atomic E-state index is 13.2. The van der Waals surface area contributed by atoms with E-state index in [4.69, 9.17) is 15.7 Å². The van der Waals surface area contributed by atoms with Crippen molar-refractivity contribution in [1.82, 2.24) is 20.0 Å². The molecule has 1 amide bonds. The van der Waals surface area contributed by atoms with Crippen molar-refractivity contribution in [2.75, 3.05) is 5.73 Å². The minimum absolute atomic E-state index is 0.189. The van der Waals surface area contributed by atoms with E-state index in [1.54, 1.807) is 6.21 Å². The van der Waals surface area contributed by atoms with Gasteiger partial charge in [-0.3, -0.25) is 4.79 Å². The van der Waals surface area contributed by atoms with Gasteiger partial charge in [-0.2, -0.15) is 9.78 Å². The summed E-state index contributed by atoms with van der Waals surface area (Å²) in [5, 5.41) is 7.48. The Bertz CT molecular complexity index is 1490. The maximum Gasteiger partial charge on any atom is 0.257 e. The maximum absolute atomic E-state index is 13.2. The molecule has 7 nitrogen and oxygen atoms in total. The molecule has 0 radical (unpaired) electrons. The smallest absolute Gasteiger partial charge is 0.257 e. The van der Waals surface area contributed by atoms with E-state index in [2.05, 4.69) is 10.4 Å². The molecule has 2 heterocycles. The highest BCUT2D eigenvalue weighted by Crippen LogP contribution is 2.28. The quantitative estimate of drug-likeness (QED) is 0.403. The molecule has 162 valence electrons. The molecule has 5 rings (SSSR count). The lowest BCUT2D eigenvalue weighted by atomic mass is 10.2. The summed E-state index contributed by atoms with van der Waals surface area (Å²) >= 11 is 0. The molecule has 0 atom stereocenters. The number of nitrogens with zero attached hydrogens (tertiary/aromatic N) is 4. The summed E-state index contributed by atoms with van der Waals surface area (Å²) in [6, 6.07) is 25.1. The van der Waals surface area contributed by atoms with E-state index in [1.807, 2.05) is 85.8 Å². The van der Waals surface area contributed by atoms with Gasteiger partial charge in [-0.25, -0.2) is 9.97 Å². The molecule has 3 aromatic carbocycles. The first-order valence-corrected chi connectivity index (χ1v) is 10.6. The van der Waals surface area contributed by atoms with Gasteiger partial charge in [0.25, 0.3) is 5.91 Å². The van der Waals surface area contributed by atoms with Gasteiger partial charge in [0.15, 0.2) is 5.65 Å². The fourth-order valence-electron chi connectivity index (χ4n) is 3.63. The summed E-state index contributed by atoms with van der Waals surface area (Å²) in [6.07, 6.45) is 1.69. The third-order valence-electron chi connectivity index (χ3n) is 5.40. The van der Waals surface area contributed by atoms with E-state index in [1.165, 1.54) is 4.68 Å². The van der Waals surface area contributed by atoms with Crippen molar-refractivity contribution in [3.8, 4) is 0 Å². The number of nitrogen functional groups attached to an aromatic ring is 1. The van der Waals surface area contributed by atoms with Crippen LogP contribution in [0.1, 0.15) is 27.0 Å². The Balaban J connectivity index is 1.60. The fourth-order valence-corrected chi connectivity index (χ4v) is 3.63. The standard InChI is InChI=1S/C26H22N6O/c1-17-11-13-19(14-12-17)16-29-32-24(27)22(26(33)28-15-18-7-3-2-4-8-18)23-25(32)31-21-10-6-5-9-20(21)30-23/h2-14,16H,15,27H2,1H3,(H,28,33). The third kappa shape index (κ3) is 4.04. The monoisotopic (exact) mass is 434 g/mol. The fraction of sp³-hybridized carbons (Fsp3) is 0.0769. The number of carbonyl (C=O) groups is 1. The van der Waals surface area contributed by atoms with Gasteiger partial charge in [-0.1, -0.05) is 72.3 Å². The molecular weight excluding hydrogens is 412 g/mol. The number of rotatable bonds is 5. The Labute approximate surface area is 190 Å². The van der Waals surface area contributed by atoms with Gasteiger partial charge in [0, 0.05) is 6.54 Å². The van der Waals surface area contributed by atoms with Gasteiger partial charge < -0.3 is 11.1 Å². The Morgan fingerprint density at radius 2 is 1.64 bits per heavy atom. The molecule has 7 heteroatoms. The van der Waals surface area contributed by atoms with Crippen molar-refractivity contribution in [1.29, 1.82) is 0 Å². The van der Waals surface area contributed by atoms with Gasteiger partial charge in [-0.15, -0.1) is 0 Å². The second-order valence-corrected chi connectivity index (χ2v) is 7.78. The zero-order valence-corrected chi connectivity index (χ0v) is 18.1. The summed E-state index contributed by atoms with van der Waals surface area (Å²) in [4.78, 5) is 22.6. The third-order valence-corrected chi connectivity index (χ3v) is 5.40. The van der Waals surface area contributed by atoms with Crippen LogP contribution in [0.4, 0.5) is 5.82 Å². The zero-order chi connectivity index (χ0) is 22.8. The van der Waals surface area contributed by atoms with Crippen LogP contribution < -0.4 is 11.1 Å². The predicted octanol–water partition coefficient (Wildman–Crippen LogP) is 4.29. The van der Waals surface area contributed by atoms with Crippen molar-refractivity contribution >= 4 is 40.1 Å². The second-order valence-electron chi connectivity index (χ2n) is 7.78. The van der Waals surface area contributed by atoms with Gasteiger partial charge in [-0.05, 0) is 30.2 Å². The van der Waals surface area contributed by atoms with Crippen LogP contribution in [0.3, 0.4) is 0 Å². The van der Waals surface area contributed by atoms with E-state index in [9.17, 15) is 4.79 Å². The molecule has 0 fully saturated rings. The first-order chi connectivity index (χ1) is 16.1. The zero-order valence-electron chi connectivity index (χ0n) is 18.1. The molecule has 0 aliphatic carbocycles. The molecule has 0 aliphatic heterocycles. The normalized spacial score (nSPS) is 11.4. The Morgan fingerprint density at radius 1 is 0.970 bits per heavy atom. The molecule has 0 spiro atoms. The molecule has 0 saturated heterocycles. The number of hydrogen-bond donors (Lipinski definition) is 2. The Kier molecular flexibility index (Phi) is 5.28. The van der Waals surface area contributed by atoms with Gasteiger partial charge in [0.2, 0.25) is 0 Å². The number of benzene rings is 3. The predicted molar refractivity (Wildman–Crippen MR) is 131 cm³/mol. The number of aromatic nitrogens is 3. The van der Waals surface area contributed by atoms with Crippen LogP contribution in [-0.2, 0) is 6.54 Å². The number of nitrogens with one attached hydrogen (secondary N) is 1. The highest BCUT2D eigenvalue weighted by atomic mass is 16.1. The van der Waals surface area contributed by atoms with E-state index in [0.717, 1.165) is 16.7 Å². The van der Waals surface area contributed by atoms with Gasteiger partial charge in [0.05, 0.1) is 17.2 Å². The van der Waals surface area contributed by atoms with Crippen molar-refractivity contribution in [3.05, 3.63) is 101 Å². The van der Waals surface area contributed by atoms with Crippen LogP contribution in [0.25, 0.3) is 22.2 Å². The largest absolute Gasteiger partial charge is 0.383 e. The average Bonchev–Trinajstić information content (AvgIpc) is 3.11. The van der Waals surface area contributed by atoms with E-state index in [0.29, 0.717) is 28.7 Å². The lowest BCUT2D eigenvalue weighted by Gasteiger charge is -2.05. The minimum atomic E-state index is -0.324. The van der Waals surface area contributed by atoms with Crippen LogP contribution in [0.5, 0.6) is 0 Å². The van der Waals surface area contributed by atoms with Gasteiger partial charge in [0.1, 0.15) is 16.9 Å². The highest BCUT2D eigenvalue weighted by molar-refractivity contribution is 6.10. The average molecular weight is 435 g/mol. The van der Waals surface area contributed by atoms with Gasteiger partial charge >= 0.3 is 0 Å². The van der Waals surface area contributed by atoms with E-state index in [-0.39, 0.29) is 17.3 Å². The topological polar surface area (TPSA) is 98.2 Å². The summed E-state index contributed by atoms with van der Waals surface area (Å²) < 4.78 is 1.48. The number of fused-ring (bicyclic) bond motifs is 2. The van der Waals surface area contributed by atoms with E-state index >= 15 is 0 Å². The van der Waals surface area contributed by atoms with Crippen molar-refractivity contribution < 1.29 is 4.79 Å².